The third-order valence-corrected chi connectivity index (χ3v) is 2.74. The van der Waals surface area contributed by atoms with Gasteiger partial charge in [-0.2, -0.15) is 0 Å². The maximum atomic E-state index is 12.3. The first-order valence-corrected chi connectivity index (χ1v) is 7.44. The largest absolute Gasteiger partial charge is 0.444 e. The predicted molar refractivity (Wildman–Crippen MR) is 88.1 cm³/mol. The summed E-state index contributed by atoms with van der Waals surface area (Å²) in [5, 5.41) is 2.64. The Morgan fingerprint density at radius 2 is 1.91 bits per heavy atom. The Balaban J connectivity index is 2.77. The first-order chi connectivity index (χ1) is 10.1. The van der Waals surface area contributed by atoms with E-state index in [4.69, 9.17) is 4.74 Å². The summed E-state index contributed by atoms with van der Waals surface area (Å²) in [6.07, 6.45) is -0.535. The molecule has 1 aromatic rings. The average molecular weight is 306 g/mol. The number of amides is 2. The first kappa shape index (κ1) is 18.0. The number of hydrogen-bond acceptors (Lipinski definition) is 3. The van der Waals surface area contributed by atoms with E-state index in [1.165, 1.54) is 0 Å². The monoisotopic (exact) mass is 306 g/mol. The van der Waals surface area contributed by atoms with E-state index in [1.807, 2.05) is 0 Å². The van der Waals surface area contributed by atoms with Gasteiger partial charge in [-0.05, 0) is 44.9 Å². The van der Waals surface area contributed by atoms with Crippen LogP contribution < -0.4 is 5.32 Å². The number of nitrogens with zero attached hydrogens (tertiary/aromatic N) is 1. The molecule has 0 bridgehead atoms. The molecule has 122 valence electrons. The molecule has 0 saturated carbocycles. The molecule has 2 amide bonds. The zero-order valence-electron chi connectivity index (χ0n) is 14.3. The van der Waals surface area contributed by atoms with Gasteiger partial charge in [-0.25, -0.2) is 4.79 Å². The highest BCUT2D eigenvalue weighted by atomic mass is 16.6. The Labute approximate surface area is 132 Å². The van der Waals surface area contributed by atoms with E-state index in [0.717, 1.165) is 0 Å². The van der Waals surface area contributed by atoms with Gasteiger partial charge in [0.2, 0.25) is 0 Å². The van der Waals surface area contributed by atoms with E-state index in [2.05, 4.69) is 19.2 Å². The summed E-state index contributed by atoms with van der Waals surface area (Å²) in [5.41, 5.74) is 0.518. The van der Waals surface area contributed by atoms with Crippen LogP contribution >= 0.6 is 0 Å². The molecule has 0 aliphatic rings. The lowest BCUT2D eigenvalue weighted by molar-refractivity contribution is 0.0635. The molecule has 0 heterocycles. The van der Waals surface area contributed by atoms with Gasteiger partial charge >= 0.3 is 6.09 Å². The summed E-state index contributed by atoms with van der Waals surface area (Å²) >= 11 is 0. The predicted octanol–water partition coefficient (Wildman–Crippen LogP) is 3.76. The van der Waals surface area contributed by atoms with E-state index < -0.39 is 11.7 Å². The lowest BCUT2D eigenvalue weighted by Gasteiger charge is -2.21. The van der Waals surface area contributed by atoms with Crippen LogP contribution in [0.5, 0.6) is 0 Å². The van der Waals surface area contributed by atoms with Gasteiger partial charge < -0.3 is 9.64 Å². The quantitative estimate of drug-likeness (QED) is 0.921. The molecule has 1 N–H and O–H groups in total. The summed E-state index contributed by atoms with van der Waals surface area (Å²) in [6, 6.07) is 6.86. The van der Waals surface area contributed by atoms with Gasteiger partial charge in [0.25, 0.3) is 5.91 Å². The molecule has 0 aliphatic carbocycles. The smallest absolute Gasteiger partial charge is 0.412 e. The lowest BCUT2D eigenvalue weighted by atomic mass is 10.1. The van der Waals surface area contributed by atoms with Gasteiger partial charge in [0.05, 0.1) is 0 Å². The van der Waals surface area contributed by atoms with E-state index in [0.29, 0.717) is 23.7 Å². The van der Waals surface area contributed by atoms with Crippen molar-refractivity contribution >= 4 is 17.7 Å². The number of carbonyl (C=O) groups is 2. The van der Waals surface area contributed by atoms with Crippen molar-refractivity contribution in [3.8, 4) is 0 Å². The first-order valence-electron chi connectivity index (χ1n) is 7.44. The number of anilines is 1. The zero-order valence-corrected chi connectivity index (χ0v) is 14.3. The SMILES string of the molecule is CC(C)CN(C)C(=O)c1cccc(NC(=O)OC(C)(C)C)c1. The van der Waals surface area contributed by atoms with Gasteiger partial charge in [0, 0.05) is 24.8 Å². The van der Waals surface area contributed by atoms with Crippen molar-refractivity contribution in [2.45, 2.75) is 40.2 Å². The minimum Gasteiger partial charge on any atom is -0.444 e. The summed E-state index contributed by atoms with van der Waals surface area (Å²) in [5.74, 6) is 0.332. The number of benzene rings is 1. The molecule has 5 nitrogen and oxygen atoms in total. The summed E-state index contributed by atoms with van der Waals surface area (Å²) in [4.78, 5) is 25.8. The zero-order chi connectivity index (χ0) is 16.9. The third kappa shape index (κ3) is 6.16. The molecule has 0 atom stereocenters. The van der Waals surface area contributed by atoms with Crippen LogP contribution in [0.4, 0.5) is 10.5 Å². The summed E-state index contributed by atoms with van der Waals surface area (Å²) in [7, 11) is 1.77. The highest BCUT2D eigenvalue weighted by Gasteiger charge is 2.17. The molecule has 0 radical (unpaired) electrons. The third-order valence-electron chi connectivity index (χ3n) is 2.74. The topological polar surface area (TPSA) is 58.6 Å². The Bertz CT molecular complexity index is 533. The number of rotatable bonds is 4. The molecule has 5 heteroatoms. The van der Waals surface area contributed by atoms with Gasteiger partial charge in [-0.1, -0.05) is 19.9 Å². The lowest BCUT2D eigenvalue weighted by Crippen LogP contribution is -2.30. The number of carbonyl (C=O) groups excluding carboxylic acids is 2. The van der Waals surface area contributed by atoms with Crippen LogP contribution in [0.15, 0.2) is 24.3 Å². The maximum Gasteiger partial charge on any atom is 0.412 e. The van der Waals surface area contributed by atoms with Crippen molar-refractivity contribution in [3.63, 3.8) is 0 Å². The highest BCUT2D eigenvalue weighted by molar-refractivity contribution is 5.96. The van der Waals surface area contributed by atoms with Crippen molar-refractivity contribution in [2.24, 2.45) is 5.92 Å². The standard InChI is InChI=1S/C17H26N2O3/c1-12(2)11-19(6)15(20)13-8-7-9-14(10-13)18-16(21)22-17(3,4)5/h7-10,12H,11H2,1-6H3,(H,18,21). The molecule has 22 heavy (non-hydrogen) atoms. The van der Waals surface area contributed by atoms with E-state index >= 15 is 0 Å². The van der Waals surface area contributed by atoms with E-state index in [-0.39, 0.29) is 5.91 Å². The van der Waals surface area contributed by atoms with E-state index in [9.17, 15) is 9.59 Å². The van der Waals surface area contributed by atoms with Crippen LogP contribution in [0.2, 0.25) is 0 Å². The fourth-order valence-corrected chi connectivity index (χ4v) is 2.00. The molecule has 0 unspecified atom stereocenters. The fraction of sp³-hybridized carbons (Fsp3) is 0.529. The highest BCUT2D eigenvalue weighted by Crippen LogP contribution is 2.15. The van der Waals surface area contributed by atoms with Crippen molar-refractivity contribution in [3.05, 3.63) is 29.8 Å². The second-order valence-corrected chi connectivity index (χ2v) is 6.79. The normalized spacial score (nSPS) is 11.2. The van der Waals surface area contributed by atoms with Crippen LogP contribution in [0.25, 0.3) is 0 Å². The van der Waals surface area contributed by atoms with Crippen molar-refractivity contribution in [2.75, 3.05) is 18.9 Å². The van der Waals surface area contributed by atoms with Crippen molar-refractivity contribution < 1.29 is 14.3 Å². The number of nitrogens with one attached hydrogen (secondary N) is 1. The van der Waals surface area contributed by atoms with Gasteiger partial charge in [-0.15, -0.1) is 0 Å². The number of ether oxygens (including phenoxy) is 1. The van der Waals surface area contributed by atoms with Crippen LogP contribution in [-0.2, 0) is 4.74 Å². The Hall–Kier alpha value is -2.04. The van der Waals surface area contributed by atoms with Crippen LogP contribution in [-0.4, -0.2) is 36.1 Å². The molecule has 0 aromatic heterocycles. The number of hydrogen-bond donors (Lipinski definition) is 1. The Kier molecular flexibility index (Phi) is 5.97. The summed E-state index contributed by atoms with van der Waals surface area (Å²) < 4.78 is 5.20. The molecule has 1 aromatic carbocycles. The molecule has 1 rings (SSSR count). The molecule has 0 fully saturated rings. The second kappa shape index (κ2) is 7.29. The van der Waals surface area contributed by atoms with Gasteiger partial charge in [-0.3, -0.25) is 10.1 Å². The van der Waals surface area contributed by atoms with Crippen LogP contribution in [0.1, 0.15) is 45.0 Å². The molecule has 0 aliphatic heterocycles. The van der Waals surface area contributed by atoms with Gasteiger partial charge in [0.1, 0.15) is 5.60 Å². The maximum absolute atomic E-state index is 12.3. The average Bonchev–Trinajstić information content (AvgIpc) is 2.34. The van der Waals surface area contributed by atoms with E-state index in [1.54, 1.807) is 57.0 Å². The van der Waals surface area contributed by atoms with Gasteiger partial charge in [0.15, 0.2) is 0 Å². The Morgan fingerprint density at radius 1 is 1.27 bits per heavy atom. The molecular formula is C17H26N2O3. The van der Waals surface area contributed by atoms with Crippen molar-refractivity contribution in [1.82, 2.24) is 4.90 Å². The fourth-order valence-electron chi connectivity index (χ4n) is 2.00. The van der Waals surface area contributed by atoms with Crippen LogP contribution in [0, 0.1) is 5.92 Å². The van der Waals surface area contributed by atoms with Crippen LogP contribution in [0.3, 0.4) is 0 Å². The Morgan fingerprint density at radius 3 is 2.45 bits per heavy atom. The molecule has 0 spiro atoms. The molecule has 0 saturated heterocycles. The second-order valence-electron chi connectivity index (χ2n) is 6.79. The minimum atomic E-state index is -0.561. The summed E-state index contributed by atoms with van der Waals surface area (Å²) in [6.45, 7) is 10.2. The minimum absolute atomic E-state index is 0.0680. The van der Waals surface area contributed by atoms with Crippen molar-refractivity contribution in [1.29, 1.82) is 0 Å². The molecular weight excluding hydrogens is 280 g/mol.